The quantitative estimate of drug-likeness (QED) is 0.469. The highest BCUT2D eigenvalue weighted by atomic mass is 32.2. The second kappa shape index (κ2) is 7.84. The van der Waals surface area contributed by atoms with Crippen LogP contribution in [-0.2, 0) is 10.5 Å². The Kier molecular flexibility index (Phi) is 5.34. The summed E-state index contributed by atoms with van der Waals surface area (Å²) in [5.41, 5.74) is 1.13. The number of tetrazole rings is 1. The van der Waals surface area contributed by atoms with Crippen molar-refractivity contribution in [2.45, 2.75) is 17.8 Å². The van der Waals surface area contributed by atoms with Crippen molar-refractivity contribution in [3.63, 3.8) is 0 Å². The minimum Gasteiger partial charge on any atom is -0.492 e. The molecule has 2 aromatic heterocycles. The predicted molar refractivity (Wildman–Crippen MR) is 89.9 cm³/mol. The van der Waals surface area contributed by atoms with Crippen molar-refractivity contribution < 1.29 is 18.7 Å². The van der Waals surface area contributed by atoms with Crippen LogP contribution in [0.3, 0.4) is 0 Å². The van der Waals surface area contributed by atoms with Gasteiger partial charge in [-0.25, -0.2) is 4.79 Å². The summed E-state index contributed by atoms with van der Waals surface area (Å²) in [4.78, 5) is 11.7. The Morgan fingerprint density at radius 1 is 1.32 bits per heavy atom. The fourth-order valence-corrected chi connectivity index (χ4v) is 3.04. The van der Waals surface area contributed by atoms with Gasteiger partial charge in [0.05, 0.1) is 25.7 Å². The fourth-order valence-electron chi connectivity index (χ4n) is 2.20. The Hall–Kier alpha value is -2.81. The number of rotatable bonds is 7. The van der Waals surface area contributed by atoms with Gasteiger partial charge >= 0.3 is 5.97 Å². The van der Waals surface area contributed by atoms with Crippen LogP contribution in [-0.4, -0.2) is 39.9 Å². The number of benzene rings is 1. The van der Waals surface area contributed by atoms with Gasteiger partial charge in [0.1, 0.15) is 22.8 Å². The SMILES string of the molecule is CCOc1ccccc1-n1nnnc1SCc1occc1C(=O)OC. The third-order valence-corrected chi connectivity index (χ3v) is 4.24. The molecular weight excluding hydrogens is 344 g/mol. The van der Waals surface area contributed by atoms with E-state index in [1.807, 2.05) is 31.2 Å². The topological polar surface area (TPSA) is 92.3 Å². The Morgan fingerprint density at radius 2 is 2.16 bits per heavy atom. The molecule has 0 amide bonds. The Balaban J connectivity index is 1.82. The second-order valence-corrected chi connectivity index (χ2v) is 5.75. The highest BCUT2D eigenvalue weighted by Gasteiger charge is 2.18. The second-order valence-electron chi connectivity index (χ2n) is 4.81. The summed E-state index contributed by atoms with van der Waals surface area (Å²) in [6, 6.07) is 9.08. The predicted octanol–water partition coefficient (Wildman–Crippen LogP) is 2.73. The molecule has 9 heteroatoms. The lowest BCUT2D eigenvalue weighted by atomic mass is 10.3. The molecule has 0 bridgehead atoms. The molecule has 3 aromatic rings. The Labute approximate surface area is 148 Å². The van der Waals surface area contributed by atoms with Gasteiger partial charge in [-0.3, -0.25) is 0 Å². The van der Waals surface area contributed by atoms with Crippen molar-refractivity contribution in [2.24, 2.45) is 0 Å². The number of aromatic nitrogens is 4. The zero-order valence-corrected chi connectivity index (χ0v) is 14.5. The summed E-state index contributed by atoms with van der Waals surface area (Å²) < 4.78 is 17.3. The first-order valence-electron chi connectivity index (χ1n) is 7.52. The molecule has 0 aliphatic heterocycles. The molecule has 0 radical (unpaired) electrons. The van der Waals surface area contributed by atoms with E-state index in [4.69, 9.17) is 13.9 Å². The van der Waals surface area contributed by atoms with Gasteiger partial charge in [0, 0.05) is 0 Å². The standard InChI is InChI=1S/C16H16N4O4S/c1-3-23-13-7-5-4-6-12(13)20-16(17-18-19-20)25-10-14-11(8-9-24-14)15(21)22-2/h4-9H,3,10H2,1-2H3. The summed E-state index contributed by atoms with van der Waals surface area (Å²) in [6.45, 7) is 2.45. The van der Waals surface area contributed by atoms with Crippen LogP contribution in [0.15, 0.2) is 46.2 Å². The largest absolute Gasteiger partial charge is 0.492 e. The van der Waals surface area contributed by atoms with E-state index in [2.05, 4.69) is 15.5 Å². The average molecular weight is 360 g/mol. The van der Waals surface area contributed by atoms with Crippen LogP contribution < -0.4 is 4.74 Å². The lowest BCUT2D eigenvalue weighted by molar-refractivity contribution is 0.0598. The first-order valence-corrected chi connectivity index (χ1v) is 8.51. The van der Waals surface area contributed by atoms with Gasteiger partial charge in [0.15, 0.2) is 0 Å². The summed E-state index contributed by atoms with van der Waals surface area (Å²) >= 11 is 1.34. The zero-order chi connectivity index (χ0) is 17.6. The summed E-state index contributed by atoms with van der Waals surface area (Å²) in [5, 5.41) is 12.4. The molecule has 0 aliphatic carbocycles. The molecule has 0 unspecified atom stereocenters. The van der Waals surface area contributed by atoms with E-state index in [0.29, 0.717) is 34.6 Å². The molecule has 3 rings (SSSR count). The van der Waals surface area contributed by atoms with Crippen LogP contribution >= 0.6 is 11.8 Å². The molecular formula is C16H16N4O4S. The first kappa shape index (κ1) is 17.0. The number of carbonyl (C=O) groups excluding carboxylic acids is 1. The molecule has 0 saturated heterocycles. The van der Waals surface area contributed by atoms with Crippen molar-refractivity contribution in [1.82, 2.24) is 20.2 Å². The number of furan rings is 1. The molecule has 0 fully saturated rings. The van der Waals surface area contributed by atoms with E-state index in [9.17, 15) is 4.79 Å². The molecule has 0 saturated carbocycles. The molecule has 0 N–H and O–H groups in total. The third-order valence-electron chi connectivity index (χ3n) is 3.32. The van der Waals surface area contributed by atoms with Crippen LogP contribution in [0.2, 0.25) is 0 Å². The maximum Gasteiger partial charge on any atom is 0.341 e. The number of carbonyl (C=O) groups is 1. The van der Waals surface area contributed by atoms with Crippen LogP contribution in [0, 0.1) is 0 Å². The lowest BCUT2D eigenvalue weighted by Crippen LogP contribution is -2.04. The summed E-state index contributed by atoms with van der Waals surface area (Å²) in [6.07, 6.45) is 1.45. The van der Waals surface area contributed by atoms with Crippen molar-refractivity contribution >= 4 is 17.7 Å². The van der Waals surface area contributed by atoms with Crippen LogP contribution in [0.1, 0.15) is 23.0 Å². The monoisotopic (exact) mass is 360 g/mol. The van der Waals surface area contributed by atoms with Gasteiger partial charge in [0.25, 0.3) is 0 Å². The molecule has 0 aliphatic rings. The van der Waals surface area contributed by atoms with Crippen molar-refractivity contribution in [3.8, 4) is 11.4 Å². The maximum atomic E-state index is 11.7. The maximum absolute atomic E-state index is 11.7. The molecule has 8 nitrogen and oxygen atoms in total. The highest BCUT2D eigenvalue weighted by Crippen LogP contribution is 2.28. The van der Waals surface area contributed by atoms with Crippen molar-refractivity contribution in [1.29, 1.82) is 0 Å². The van der Waals surface area contributed by atoms with Gasteiger partial charge in [-0.05, 0) is 35.5 Å². The van der Waals surface area contributed by atoms with Gasteiger partial charge < -0.3 is 13.9 Å². The van der Waals surface area contributed by atoms with Gasteiger partial charge in [-0.2, -0.15) is 4.68 Å². The van der Waals surface area contributed by atoms with Gasteiger partial charge in [0.2, 0.25) is 5.16 Å². The zero-order valence-electron chi connectivity index (χ0n) is 13.7. The number of ether oxygens (including phenoxy) is 2. The van der Waals surface area contributed by atoms with E-state index >= 15 is 0 Å². The Bertz CT molecular complexity index is 861. The number of thioether (sulfide) groups is 1. The number of esters is 1. The van der Waals surface area contributed by atoms with E-state index in [1.54, 1.807) is 10.7 Å². The van der Waals surface area contributed by atoms with Crippen molar-refractivity contribution in [3.05, 3.63) is 47.9 Å². The minimum atomic E-state index is -0.439. The van der Waals surface area contributed by atoms with Crippen molar-refractivity contribution in [2.75, 3.05) is 13.7 Å². The van der Waals surface area contributed by atoms with E-state index < -0.39 is 5.97 Å². The Morgan fingerprint density at radius 3 is 2.96 bits per heavy atom. The van der Waals surface area contributed by atoms with Gasteiger partial charge in [-0.15, -0.1) is 5.10 Å². The van der Waals surface area contributed by atoms with Crippen LogP contribution in [0.5, 0.6) is 5.75 Å². The normalized spacial score (nSPS) is 10.6. The molecule has 2 heterocycles. The molecule has 1 aromatic carbocycles. The highest BCUT2D eigenvalue weighted by molar-refractivity contribution is 7.98. The number of hydrogen-bond donors (Lipinski definition) is 0. The minimum absolute atomic E-state index is 0.384. The summed E-state index contributed by atoms with van der Waals surface area (Å²) in [5.74, 6) is 1.14. The molecule has 0 atom stereocenters. The fraction of sp³-hybridized carbons (Fsp3) is 0.250. The number of hydrogen-bond acceptors (Lipinski definition) is 8. The van der Waals surface area contributed by atoms with E-state index in [0.717, 1.165) is 5.69 Å². The number of methoxy groups -OCH3 is 1. The van der Waals surface area contributed by atoms with Crippen LogP contribution in [0.4, 0.5) is 0 Å². The summed E-state index contributed by atoms with van der Waals surface area (Å²) in [7, 11) is 1.33. The number of nitrogens with zero attached hydrogens (tertiary/aromatic N) is 4. The number of para-hydroxylation sites is 2. The smallest absolute Gasteiger partial charge is 0.341 e. The molecule has 25 heavy (non-hydrogen) atoms. The molecule has 130 valence electrons. The van der Waals surface area contributed by atoms with Gasteiger partial charge in [-0.1, -0.05) is 23.9 Å². The molecule has 0 spiro atoms. The average Bonchev–Trinajstić information content (AvgIpc) is 3.29. The van der Waals surface area contributed by atoms with E-state index in [-0.39, 0.29) is 0 Å². The van der Waals surface area contributed by atoms with Crippen LogP contribution in [0.25, 0.3) is 5.69 Å². The van der Waals surface area contributed by atoms with E-state index in [1.165, 1.54) is 25.1 Å². The first-order chi connectivity index (χ1) is 12.2. The lowest BCUT2D eigenvalue weighted by Gasteiger charge is -2.10. The third kappa shape index (κ3) is 3.66.